The van der Waals surface area contributed by atoms with Gasteiger partial charge in [-0.3, -0.25) is 4.79 Å². The molecule has 0 unspecified atom stereocenters. The summed E-state index contributed by atoms with van der Waals surface area (Å²) >= 11 is 0. The number of hydrogen-bond acceptors (Lipinski definition) is 5. The number of likely N-dealkylation sites (tertiary alicyclic amines) is 1. The SMILES string of the molecule is Cc1cc(C2CC2)c(-c2nnc(CCN(C)C)[nH]2)cc1C(=O)N1CCC(c2ccccc2C#N)CC1. The van der Waals surface area contributed by atoms with E-state index in [1.165, 1.54) is 18.4 Å². The minimum atomic E-state index is 0.0791. The van der Waals surface area contributed by atoms with E-state index < -0.39 is 0 Å². The van der Waals surface area contributed by atoms with E-state index in [1.807, 2.05) is 50.2 Å². The monoisotopic (exact) mass is 482 g/mol. The van der Waals surface area contributed by atoms with Gasteiger partial charge in [0.25, 0.3) is 5.91 Å². The van der Waals surface area contributed by atoms with Crippen molar-refractivity contribution in [1.82, 2.24) is 25.0 Å². The first kappa shape index (κ1) is 24.2. The molecule has 1 saturated heterocycles. The summed E-state index contributed by atoms with van der Waals surface area (Å²) in [5.74, 6) is 2.55. The number of nitrogens with zero attached hydrogens (tertiary/aromatic N) is 5. The van der Waals surface area contributed by atoms with Crippen LogP contribution in [0, 0.1) is 18.3 Å². The number of piperidine rings is 1. The molecule has 1 amide bonds. The van der Waals surface area contributed by atoms with Gasteiger partial charge in [0.1, 0.15) is 5.82 Å². The van der Waals surface area contributed by atoms with Gasteiger partial charge in [-0.1, -0.05) is 24.3 Å². The standard InChI is InChI=1S/C29H34N6O/c1-19-16-25(20-8-9-20)26(28-31-27(32-33-28)12-13-34(2)3)17-24(19)29(36)35-14-10-21(11-15-35)23-7-5-4-6-22(23)18-30/h4-7,16-17,20-21H,8-15H2,1-3H3,(H,31,32,33). The van der Waals surface area contributed by atoms with Gasteiger partial charge in [0.15, 0.2) is 5.82 Å². The Labute approximate surface area is 213 Å². The summed E-state index contributed by atoms with van der Waals surface area (Å²) < 4.78 is 0. The molecule has 1 N–H and O–H groups in total. The Hall–Kier alpha value is -3.50. The average Bonchev–Trinajstić information content (AvgIpc) is 3.64. The number of hydrogen-bond donors (Lipinski definition) is 1. The minimum Gasteiger partial charge on any atom is -0.339 e. The second-order valence-corrected chi connectivity index (χ2v) is 10.5. The van der Waals surface area contributed by atoms with Gasteiger partial charge in [0, 0.05) is 37.2 Å². The highest BCUT2D eigenvalue weighted by Crippen LogP contribution is 2.45. The van der Waals surface area contributed by atoms with Crippen molar-refractivity contribution in [3.05, 3.63) is 70.0 Å². The van der Waals surface area contributed by atoms with Crippen molar-refractivity contribution in [2.24, 2.45) is 0 Å². The third-order valence-corrected chi connectivity index (χ3v) is 7.53. The lowest BCUT2D eigenvalue weighted by atomic mass is 9.86. The largest absolute Gasteiger partial charge is 0.339 e. The van der Waals surface area contributed by atoms with E-state index >= 15 is 0 Å². The fraction of sp³-hybridized carbons (Fsp3) is 0.448. The summed E-state index contributed by atoms with van der Waals surface area (Å²) in [7, 11) is 4.09. The number of likely N-dealkylation sites (N-methyl/N-ethyl adjacent to an activating group) is 1. The van der Waals surface area contributed by atoms with E-state index in [4.69, 9.17) is 0 Å². The molecule has 0 bridgehead atoms. The highest BCUT2D eigenvalue weighted by Gasteiger charge is 2.31. The van der Waals surface area contributed by atoms with Gasteiger partial charge in [0.2, 0.25) is 0 Å². The van der Waals surface area contributed by atoms with Gasteiger partial charge in [-0.05, 0) is 87.4 Å². The van der Waals surface area contributed by atoms with Crippen molar-refractivity contribution in [3.8, 4) is 17.5 Å². The number of carbonyl (C=O) groups excluding carboxylic acids is 1. The number of benzene rings is 2. The minimum absolute atomic E-state index is 0.0791. The average molecular weight is 483 g/mol. The van der Waals surface area contributed by atoms with E-state index in [2.05, 4.69) is 38.3 Å². The molecule has 2 aliphatic rings. The van der Waals surface area contributed by atoms with E-state index in [1.54, 1.807) is 0 Å². The molecule has 5 rings (SSSR count). The fourth-order valence-corrected chi connectivity index (χ4v) is 5.28. The zero-order valence-electron chi connectivity index (χ0n) is 21.4. The van der Waals surface area contributed by atoms with Crippen LogP contribution in [0.3, 0.4) is 0 Å². The summed E-state index contributed by atoms with van der Waals surface area (Å²) in [6, 6.07) is 14.4. The van der Waals surface area contributed by atoms with Gasteiger partial charge in [-0.25, -0.2) is 0 Å². The smallest absolute Gasteiger partial charge is 0.254 e. The molecule has 1 aromatic heterocycles. The third kappa shape index (κ3) is 5.05. The van der Waals surface area contributed by atoms with Crippen molar-refractivity contribution in [3.63, 3.8) is 0 Å². The van der Waals surface area contributed by atoms with Gasteiger partial charge < -0.3 is 14.8 Å². The molecule has 0 atom stereocenters. The van der Waals surface area contributed by atoms with Crippen molar-refractivity contribution < 1.29 is 4.79 Å². The van der Waals surface area contributed by atoms with Crippen LogP contribution in [0.1, 0.15) is 76.0 Å². The summed E-state index contributed by atoms with van der Waals surface area (Å²) in [6.07, 6.45) is 4.90. The van der Waals surface area contributed by atoms with E-state index in [0.717, 1.165) is 65.3 Å². The molecule has 7 heteroatoms. The molecule has 1 aliphatic heterocycles. The first-order chi connectivity index (χ1) is 17.4. The molecule has 186 valence electrons. The molecule has 0 radical (unpaired) electrons. The van der Waals surface area contributed by atoms with E-state index in [0.29, 0.717) is 24.9 Å². The summed E-state index contributed by atoms with van der Waals surface area (Å²) in [5, 5.41) is 18.3. The second kappa shape index (κ2) is 10.2. The lowest BCUT2D eigenvalue weighted by Crippen LogP contribution is -2.38. The Morgan fingerprint density at radius 1 is 1.08 bits per heavy atom. The maximum absolute atomic E-state index is 13.7. The lowest BCUT2D eigenvalue weighted by molar-refractivity contribution is 0.0712. The molecule has 2 heterocycles. The molecular formula is C29H34N6O. The highest BCUT2D eigenvalue weighted by atomic mass is 16.2. The number of nitrogens with one attached hydrogen (secondary N) is 1. The van der Waals surface area contributed by atoms with Crippen LogP contribution in [0.5, 0.6) is 0 Å². The number of amides is 1. The van der Waals surface area contributed by atoms with Crippen LogP contribution < -0.4 is 0 Å². The van der Waals surface area contributed by atoms with Gasteiger partial charge >= 0.3 is 0 Å². The summed E-state index contributed by atoms with van der Waals surface area (Å²) in [5.41, 5.74) is 5.90. The van der Waals surface area contributed by atoms with Gasteiger partial charge in [0.05, 0.1) is 11.6 Å². The predicted molar refractivity (Wildman–Crippen MR) is 140 cm³/mol. The Morgan fingerprint density at radius 2 is 1.81 bits per heavy atom. The number of aryl methyl sites for hydroxylation is 1. The fourth-order valence-electron chi connectivity index (χ4n) is 5.28. The van der Waals surface area contributed by atoms with Crippen LogP contribution >= 0.6 is 0 Å². The van der Waals surface area contributed by atoms with Crippen molar-refractivity contribution in [2.45, 2.75) is 50.9 Å². The molecule has 7 nitrogen and oxygen atoms in total. The predicted octanol–water partition coefficient (Wildman–Crippen LogP) is 4.65. The first-order valence-corrected chi connectivity index (χ1v) is 12.9. The Morgan fingerprint density at radius 3 is 2.50 bits per heavy atom. The summed E-state index contributed by atoms with van der Waals surface area (Å²) in [6.45, 7) is 4.33. The van der Waals surface area contributed by atoms with Crippen molar-refractivity contribution >= 4 is 5.91 Å². The Balaban J connectivity index is 1.36. The van der Waals surface area contributed by atoms with Crippen LogP contribution in [0.4, 0.5) is 0 Å². The molecule has 2 aromatic carbocycles. The maximum Gasteiger partial charge on any atom is 0.254 e. The van der Waals surface area contributed by atoms with Crippen LogP contribution in [0.15, 0.2) is 36.4 Å². The summed E-state index contributed by atoms with van der Waals surface area (Å²) in [4.78, 5) is 21.2. The molecule has 3 aromatic rings. The maximum atomic E-state index is 13.7. The molecule has 0 spiro atoms. The van der Waals surface area contributed by atoms with Gasteiger partial charge in [-0.2, -0.15) is 5.26 Å². The number of aromatic amines is 1. The zero-order valence-corrected chi connectivity index (χ0v) is 21.4. The van der Waals surface area contributed by atoms with Gasteiger partial charge in [-0.15, -0.1) is 10.2 Å². The zero-order chi connectivity index (χ0) is 25.2. The molecule has 2 fully saturated rings. The van der Waals surface area contributed by atoms with Crippen LogP contribution in [0.25, 0.3) is 11.4 Å². The third-order valence-electron chi connectivity index (χ3n) is 7.53. The topological polar surface area (TPSA) is 88.9 Å². The molecule has 1 aliphatic carbocycles. The van der Waals surface area contributed by atoms with Crippen LogP contribution in [-0.4, -0.2) is 64.6 Å². The first-order valence-electron chi connectivity index (χ1n) is 12.9. The highest BCUT2D eigenvalue weighted by molar-refractivity contribution is 5.97. The van der Waals surface area contributed by atoms with Crippen LogP contribution in [-0.2, 0) is 6.42 Å². The number of aromatic nitrogens is 3. The number of H-pyrrole nitrogens is 1. The molecule has 1 saturated carbocycles. The number of carbonyl (C=O) groups is 1. The second-order valence-electron chi connectivity index (χ2n) is 10.5. The van der Waals surface area contributed by atoms with Crippen molar-refractivity contribution in [1.29, 1.82) is 5.26 Å². The molecular weight excluding hydrogens is 448 g/mol. The normalized spacial score (nSPS) is 16.4. The van der Waals surface area contributed by atoms with Crippen LogP contribution in [0.2, 0.25) is 0 Å². The Kier molecular flexibility index (Phi) is 6.88. The van der Waals surface area contributed by atoms with E-state index in [-0.39, 0.29) is 5.91 Å². The van der Waals surface area contributed by atoms with Crippen molar-refractivity contribution in [2.75, 3.05) is 33.7 Å². The lowest BCUT2D eigenvalue weighted by Gasteiger charge is -2.33. The quantitative estimate of drug-likeness (QED) is 0.529. The van der Waals surface area contributed by atoms with E-state index in [9.17, 15) is 10.1 Å². The molecule has 36 heavy (non-hydrogen) atoms. The number of nitriles is 1. The number of rotatable bonds is 7. The Bertz CT molecular complexity index is 1290.